The average Bonchev–Trinajstić information content (AvgIpc) is 2.11. The highest BCUT2D eigenvalue weighted by Gasteiger charge is 2.06. The van der Waals surface area contributed by atoms with Crippen LogP contribution in [-0.2, 0) is 0 Å². The predicted octanol–water partition coefficient (Wildman–Crippen LogP) is -0.458. The second-order valence-corrected chi connectivity index (χ2v) is 1.81. The van der Waals surface area contributed by atoms with Crippen LogP contribution in [0.3, 0.4) is 0 Å². The number of imidazole rings is 1. The van der Waals surface area contributed by atoms with Gasteiger partial charge in [0, 0.05) is 6.92 Å². The first-order valence-corrected chi connectivity index (χ1v) is 2.63. The lowest BCUT2D eigenvalue weighted by atomic mass is 10.6. The highest BCUT2D eigenvalue weighted by molar-refractivity contribution is 5.77. The van der Waals surface area contributed by atoms with Crippen LogP contribution in [0.25, 0.3) is 0 Å². The molecule has 0 bridgehead atoms. The number of H-pyrrole nitrogens is 1. The van der Waals surface area contributed by atoms with Gasteiger partial charge in [0.2, 0.25) is 11.8 Å². The molecule has 1 heterocycles. The van der Waals surface area contributed by atoms with Crippen molar-refractivity contribution in [2.75, 3.05) is 0 Å². The first kappa shape index (κ1) is 6.60. The second kappa shape index (κ2) is 2.02. The molecule has 5 heteroatoms. The lowest BCUT2D eigenvalue weighted by Crippen LogP contribution is -2.21. The van der Waals surface area contributed by atoms with Crippen molar-refractivity contribution in [1.82, 2.24) is 9.55 Å². The number of carbonyl (C=O) groups is 1. The van der Waals surface area contributed by atoms with Crippen LogP contribution in [-0.4, -0.2) is 20.6 Å². The topological polar surface area (TPSA) is 75.1 Å². The number of aromatic hydroxyl groups is 1. The van der Waals surface area contributed by atoms with Crippen molar-refractivity contribution in [3.05, 3.63) is 16.7 Å². The van der Waals surface area contributed by atoms with Gasteiger partial charge in [-0.05, 0) is 0 Å². The molecular weight excluding hydrogens is 136 g/mol. The third kappa shape index (κ3) is 0.812. The van der Waals surface area contributed by atoms with Crippen molar-refractivity contribution in [3.8, 4) is 5.88 Å². The Bertz CT molecular complexity index is 309. The SMILES string of the molecule is CC(=O)n1c(O)c[nH]c1=O. The Morgan fingerprint density at radius 2 is 2.40 bits per heavy atom. The molecule has 0 atom stereocenters. The van der Waals surface area contributed by atoms with E-state index in [9.17, 15) is 9.59 Å². The number of aromatic amines is 1. The van der Waals surface area contributed by atoms with Gasteiger partial charge < -0.3 is 10.1 Å². The maximum atomic E-state index is 10.6. The lowest BCUT2D eigenvalue weighted by Gasteiger charge is -1.91. The largest absolute Gasteiger partial charge is 0.493 e. The van der Waals surface area contributed by atoms with Gasteiger partial charge in [-0.1, -0.05) is 0 Å². The molecule has 54 valence electrons. The zero-order valence-electron chi connectivity index (χ0n) is 5.29. The van der Waals surface area contributed by atoms with Crippen molar-refractivity contribution in [2.24, 2.45) is 0 Å². The van der Waals surface area contributed by atoms with Gasteiger partial charge in [0.1, 0.15) is 0 Å². The van der Waals surface area contributed by atoms with Gasteiger partial charge in [0.25, 0.3) is 0 Å². The van der Waals surface area contributed by atoms with Crippen LogP contribution in [0.1, 0.15) is 11.7 Å². The molecule has 10 heavy (non-hydrogen) atoms. The molecule has 0 amide bonds. The molecule has 0 aliphatic heterocycles. The first-order valence-electron chi connectivity index (χ1n) is 2.63. The van der Waals surface area contributed by atoms with Crippen molar-refractivity contribution in [2.45, 2.75) is 6.92 Å². The Labute approximate surface area is 55.9 Å². The summed E-state index contributed by atoms with van der Waals surface area (Å²) in [4.78, 5) is 23.3. The highest BCUT2D eigenvalue weighted by Crippen LogP contribution is 2.00. The fraction of sp³-hybridized carbons (Fsp3) is 0.200. The van der Waals surface area contributed by atoms with Crippen LogP contribution in [0.5, 0.6) is 5.88 Å². The van der Waals surface area contributed by atoms with E-state index in [1.807, 2.05) is 0 Å². The van der Waals surface area contributed by atoms with E-state index in [0.717, 1.165) is 6.20 Å². The predicted molar refractivity (Wildman–Crippen MR) is 33.0 cm³/mol. The summed E-state index contributed by atoms with van der Waals surface area (Å²) in [5.41, 5.74) is -0.620. The maximum Gasteiger partial charge on any atom is 0.335 e. The third-order valence-electron chi connectivity index (χ3n) is 1.07. The summed E-state index contributed by atoms with van der Waals surface area (Å²) in [6, 6.07) is 0. The van der Waals surface area contributed by atoms with Gasteiger partial charge in [0.05, 0.1) is 6.20 Å². The van der Waals surface area contributed by atoms with Gasteiger partial charge in [-0.3, -0.25) is 4.79 Å². The molecule has 0 unspecified atom stereocenters. The van der Waals surface area contributed by atoms with E-state index in [0.29, 0.717) is 4.57 Å². The molecule has 0 aromatic carbocycles. The lowest BCUT2D eigenvalue weighted by molar-refractivity contribution is 0.0923. The second-order valence-electron chi connectivity index (χ2n) is 1.81. The smallest absolute Gasteiger partial charge is 0.335 e. The van der Waals surface area contributed by atoms with Crippen LogP contribution < -0.4 is 5.69 Å². The molecule has 1 rings (SSSR count). The summed E-state index contributed by atoms with van der Waals surface area (Å²) in [6.07, 6.45) is 1.06. The van der Waals surface area contributed by atoms with Gasteiger partial charge >= 0.3 is 5.69 Å². The van der Waals surface area contributed by atoms with Crippen LogP contribution in [0.2, 0.25) is 0 Å². The third-order valence-corrected chi connectivity index (χ3v) is 1.07. The van der Waals surface area contributed by atoms with E-state index in [-0.39, 0.29) is 5.88 Å². The van der Waals surface area contributed by atoms with Gasteiger partial charge in [-0.25, -0.2) is 4.79 Å². The summed E-state index contributed by atoms with van der Waals surface area (Å²) in [7, 11) is 0. The van der Waals surface area contributed by atoms with Crippen LogP contribution >= 0.6 is 0 Å². The van der Waals surface area contributed by atoms with E-state index in [1.54, 1.807) is 0 Å². The molecule has 0 saturated carbocycles. The fourth-order valence-electron chi connectivity index (χ4n) is 0.664. The van der Waals surface area contributed by atoms with Gasteiger partial charge in [-0.2, -0.15) is 4.57 Å². The van der Waals surface area contributed by atoms with Crippen LogP contribution in [0.4, 0.5) is 0 Å². The fourth-order valence-corrected chi connectivity index (χ4v) is 0.664. The molecule has 0 spiro atoms. The Kier molecular flexibility index (Phi) is 1.33. The van der Waals surface area contributed by atoms with Crippen molar-refractivity contribution >= 4 is 5.91 Å². The molecule has 0 fully saturated rings. The number of carbonyl (C=O) groups excluding carboxylic acids is 1. The number of rotatable bonds is 0. The number of hydrogen-bond acceptors (Lipinski definition) is 3. The number of hydrogen-bond donors (Lipinski definition) is 2. The van der Waals surface area contributed by atoms with Gasteiger partial charge in [0.15, 0.2) is 0 Å². The molecule has 5 nitrogen and oxygen atoms in total. The quantitative estimate of drug-likeness (QED) is 0.514. The average molecular weight is 142 g/mol. The number of nitrogens with one attached hydrogen (secondary N) is 1. The Balaban J connectivity index is 3.37. The molecule has 1 aromatic heterocycles. The van der Waals surface area contributed by atoms with Crippen molar-refractivity contribution in [3.63, 3.8) is 0 Å². The molecule has 0 aliphatic carbocycles. The van der Waals surface area contributed by atoms with E-state index in [1.165, 1.54) is 6.92 Å². The summed E-state index contributed by atoms with van der Waals surface area (Å²) < 4.78 is 0.639. The Morgan fingerprint density at radius 1 is 1.80 bits per heavy atom. The zero-order chi connectivity index (χ0) is 7.72. The minimum absolute atomic E-state index is 0.363. The molecule has 2 N–H and O–H groups in total. The standard InChI is InChI=1S/C5H6N2O3/c1-3(8)7-4(9)2-6-5(7)10/h2,9H,1H3,(H,6,10). The zero-order valence-corrected chi connectivity index (χ0v) is 5.29. The summed E-state index contributed by atoms with van der Waals surface area (Å²) in [5.74, 6) is -0.874. The summed E-state index contributed by atoms with van der Waals surface area (Å²) in [6.45, 7) is 1.19. The molecule has 1 aromatic rings. The Hall–Kier alpha value is -1.52. The van der Waals surface area contributed by atoms with E-state index < -0.39 is 11.6 Å². The van der Waals surface area contributed by atoms with Crippen molar-refractivity contribution in [1.29, 1.82) is 0 Å². The first-order chi connectivity index (χ1) is 4.63. The minimum Gasteiger partial charge on any atom is -0.493 e. The van der Waals surface area contributed by atoms with Crippen LogP contribution in [0.15, 0.2) is 11.0 Å². The van der Waals surface area contributed by atoms with E-state index >= 15 is 0 Å². The summed E-state index contributed by atoms with van der Waals surface area (Å²) in [5, 5.41) is 8.81. The monoisotopic (exact) mass is 142 g/mol. The minimum atomic E-state index is -0.620. The molecule has 0 radical (unpaired) electrons. The van der Waals surface area contributed by atoms with Crippen LogP contribution in [0, 0.1) is 0 Å². The maximum absolute atomic E-state index is 10.6. The molecular formula is C5H6N2O3. The highest BCUT2D eigenvalue weighted by atomic mass is 16.3. The summed E-state index contributed by atoms with van der Waals surface area (Å²) >= 11 is 0. The number of aromatic nitrogens is 2. The van der Waals surface area contributed by atoms with E-state index in [4.69, 9.17) is 5.11 Å². The normalized spacial score (nSPS) is 9.70. The van der Waals surface area contributed by atoms with E-state index in [2.05, 4.69) is 4.98 Å². The molecule has 0 saturated heterocycles. The molecule has 0 aliphatic rings. The number of nitrogens with zero attached hydrogens (tertiary/aromatic N) is 1. The van der Waals surface area contributed by atoms with Crippen molar-refractivity contribution < 1.29 is 9.90 Å². The van der Waals surface area contributed by atoms with Gasteiger partial charge in [-0.15, -0.1) is 0 Å². The Morgan fingerprint density at radius 3 is 2.60 bits per heavy atom.